The Kier molecular flexibility index (Phi) is 3.92. The van der Waals surface area contributed by atoms with Gasteiger partial charge in [0.1, 0.15) is 0 Å². The van der Waals surface area contributed by atoms with Gasteiger partial charge in [0, 0.05) is 11.0 Å². The van der Waals surface area contributed by atoms with Gasteiger partial charge in [-0.05, 0) is 33.6 Å². The maximum absolute atomic E-state index is 10.8. The van der Waals surface area contributed by atoms with Crippen molar-refractivity contribution in [3.63, 3.8) is 0 Å². The number of hydrogen-bond donors (Lipinski definition) is 2. The fourth-order valence-electron chi connectivity index (χ4n) is 1.11. The molecular weight excluding hydrogens is 269 g/mol. The van der Waals surface area contributed by atoms with Crippen molar-refractivity contribution in [3.05, 3.63) is 33.3 Å². The summed E-state index contributed by atoms with van der Waals surface area (Å²) in [5.41, 5.74) is 5.98. The third-order valence-corrected chi connectivity index (χ3v) is 3.11. The van der Waals surface area contributed by atoms with Gasteiger partial charge in [0.2, 0.25) is 0 Å². The van der Waals surface area contributed by atoms with Gasteiger partial charge < -0.3 is 10.8 Å². The fourth-order valence-corrected chi connectivity index (χ4v) is 1.54. The van der Waals surface area contributed by atoms with Crippen LogP contribution in [0.1, 0.15) is 11.5 Å². The minimum absolute atomic E-state index is 0.0628. The maximum Gasteiger partial charge on any atom is 0.312 e. The Labute approximate surface area is 95.0 Å². The van der Waals surface area contributed by atoms with E-state index in [0.717, 1.165) is 4.47 Å². The highest BCUT2D eigenvalue weighted by Gasteiger charge is 2.18. The standard InChI is InChI=1S/C9H9BrClNO2/c10-7-2-1-5(3-8(7)11)6(4-12)9(13)14/h1-3,6H,4,12H2,(H,13,14). The molecule has 3 nitrogen and oxygen atoms in total. The van der Waals surface area contributed by atoms with Crippen molar-refractivity contribution < 1.29 is 9.90 Å². The Morgan fingerprint density at radius 1 is 1.64 bits per heavy atom. The quantitative estimate of drug-likeness (QED) is 0.891. The van der Waals surface area contributed by atoms with Crippen molar-refractivity contribution in [2.24, 2.45) is 5.73 Å². The van der Waals surface area contributed by atoms with E-state index < -0.39 is 11.9 Å². The SMILES string of the molecule is NCC(C(=O)O)c1ccc(Br)c(Cl)c1. The first-order chi connectivity index (χ1) is 6.56. The minimum atomic E-state index is -0.939. The van der Waals surface area contributed by atoms with Crippen LogP contribution in [0.2, 0.25) is 5.02 Å². The second-order valence-electron chi connectivity index (χ2n) is 2.80. The van der Waals surface area contributed by atoms with Crippen LogP contribution >= 0.6 is 27.5 Å². The molecule has 0 heterocycles. The molecule has 0 amide bonds. The Balaban J connectivity index is 3.06. The van der Waals surface area contributed by atoms with Gasteiger partial charge in [-0.25, -0.2) is 0 Å². The van der Waals surface area contributed by atoms with Crippen LogP contribution in [0.4, 0.5) is 0 Å². The van der Waals surface area contributed by atoms with Crippen LogP contribution in [-0.2, 0) is 4.79 Å². The topological polar surface area (TPSA) is 63.3 Å². The predicted octanol–water partition coefficient (Wildman–Crippen LogP) is 2.23. The van der Waals surface area contributed by atoms with Crippen LogP contribution < -0.4 is 5.73 Å². The van der Waals surface area contributed by atoms with E-state index in [1.165, 1.54) is 0 Å². The molecule has 0 spiro atoms. The average Bonchev–Trinajstić information content (AvgIpc) is 2.11. The van der Waals surface area contributed by atoms with Crippen molar-refractivity contribution in [1.29, 1.82) is 0 Å². The van der Waals surface area contributed by atoms with Gasteiger partial charge >= 0.3 is 5.97 Å². The smallest absolute Gasteiger partial charge is 0.312 e. The molecule has 0 aromatic heterocycles. The number of carboxylic acid groups (broad SMARTS) is 1. The number of hydrogen-bond acceptors (Lipinski definition) is 2. The highest BCUT2D eigenvalue weighted by Crippen LogP contribution is 2.26. The van der Waals surface area contributed by atoms with Crippen LogP contribution in [0.15, 0.2) is 22.7 Å². The molecular formula is C9H9BrClNO2. The van der Waals surface area contributed by atoms with Crippen LogP contribution in [0.25, 0.3) is 0 Å². The summed E-state index contributed by atoms with van der Waals surface area (Å²) < 4.78 is 0.740. The van der Waals surface area contributed by atoms with Gasteiger partial charge in [0.05, 0.1) is 10.9 Å². The largest absolute Gasteiger partial charge is 0.481 e. The second kappa shape index (κ2) is 4.77. The van der Waals surface area contributed by atoms with Crippen LogP contribution in [0.5, 0.6) is 0 Å². The highest BCUT2D eigenvalue weighted by molar-refractivity contribution is 9.10. The zero-order valence-corrected chi connectivity index (χ0v) is 9.55. The molecule has 0 aliphatic rings. The Morgan fingerprint density at radius 2 is 2.29 bits per heavy atom. The van der Waals surface area contributed by atoms with E-state index in [1.807, 2.05) is 0 Å². The number of rotatable bonds is 3. The van der Waals surface area contributed by atoms with Crippen LogP contribution in [0, 0.1) is 0 Å². The van der Waals surface area contributed by atoms with E-state index in [2.05, 4.69) is 15.9 Å². The van der Waals surface area contributed by atoms with Crippen molar-refractivity contribution in [2.75, 3.05) is 6.54 Å². The van der Waals surface area contributed by atoms with E-state index in [1.54, 1.807) is 18.2 Å². The number of carbonyl (C=O) groups is 1. The first-order valence-corrected chi connectivity index (χ1v) is 5.11. The first-order valence-electron chi connectivity index (χ1n) is 3.94. The molecule has 0 aliphatic carbocycles. The van der Waals surface area contributed by atoms with Gasteiger partial charge in [-0.15, -0.1) is 0 Å². The predicted molar refractivity (Wildman–Crippen MR) is 58.6 cm³/mol. The summed E-state index contributed by atoms with van der Waals surface area (Å²) in [5.74, 6) is -1.63. The van der Waals surface area contributed by atoms with E-state index in [4.69, 9.17) is 22.4 Å². The van der Waals surface area contributed by atoms with Gasteiger partial charge in [0.25, 0.3) is 0 Å². The van der Waals surface area contributed by atoms with E-state index >= 15 is 0 Å². The van der Waals surface area contributed by atoms with Gasteiger partial charge in [-0.3, -0.25) is 4.79 Å². The zero-order chi connectivity index (χ0) is 10.7. The van der Waals surface area contributed by atoms with Gasteiger partial charge in [0.15, 0.2) is 0 Å². The molecule has 0 radical (unpaired) electrons. The molecule has 0 bridgehead atoms. The van der Waals surface area contributed by atoms with Crippen LogP contribution in [-0.4, -0.2) is 17.6 Å². The molecule has 1 aromatic rings. The summed E-state index contributed by atoms with van der Waals surface area (Å²) in [5, 5.41) is 9.34. The maximum atomic E-state index is 10.8. The number of aliphatic carboxylic acids is 1. The summed E-state index contributed by atoms with van der Waals surface area (Å²) in [6.07, 6.45) is 0. The van der Waals surface area contributed by atoms with Crippen molar-refractivity contribution in [3.8, 4) is 0 Å². The lowest BCUT2D eigenvalue weighted by Gasteiger charge is -2.10. The number of benzene rings is 1. The summed E-state index contributed by atoms with van der Waals surface area (Å²) in [7, 11) is 0. The second-order valence-corrected chi connectivity index (χ2v) is 4.06. The Hall–Kier alpha value is -0.580. The normalized spacial score (nSPS) is 12.5. The molecule has 5 heteroatoms. The molecule has 0 aliphatic heterocycles. The minimum Gasteiger partial charge on any atom is -0.481 e. The number of halogens is 2. The van der Waals surface area contributed by atoms with Gasteiger partial charge in [-0.2, -0.15) is 0 Å². The van der Waals surface area contributed by atoms with E-state index in [0.29, 0.717) is 10.6 Å². The fraction of sp³-hybridized carbons (Fsp3) is 0.222. The van der Waals surface area contributed by atoms with Gasteiger partial charge in [-0.1, -0.05) is 17.7 Å². The molecule has 14 heavy (non-hydrogen) atoms. The molecule has 0 saturated carbocycles. The third-order valence-electron chi connectivity index (χ3n) is 1.88. The molecule has 1 unspecified atom stereocenters. The summed E-state index contributed by atoms with van der Waals surface area (Å²) in [4.78, 5) is 10.8. The average molecular weight is 279 g/mol. The highest BCUT2D eigenvalue weighted by atomic mass is 79.9. The van der Waals surface area contributed by atoms with Crippen molar-refractivity contribution in [2.45, 2.75) is 5.92 Å². The Bertz CT molecular complexity index is 357. The molecule has 1 aromatic carbocycles. The lowest BCUT2D eigenvalue weighted by atomic mass is 10.00. The van der Waals surface area contributed by atoms with Crippen molar-refractivity contribution in [1.82, 2.24) is 0 Å². The number of nitrogens with two attached hydrogens (primary N) is 1. The van der Waals surface area contributed by atoms with Crippen LogP contribution in [0.3, 0.4) is 0 Å². The lowest BCUT2D eigenvalue weighted by Crippen LogP contribution is -2.21. The first kappa shape index (κ1) is 11.5. The van der Waals surface area contributed by atoms with E-state index in [9.17, 15) is 4.79 Å². The molecule has 76 valence electrons. The molecule has 3 N–H and O–H groups in total. The summed E-state index contributed by atoms with van der Waals surface area (Å²) in [6.45, 7) is 0.0628. The summed E-state index contributed by atoms with van der Waals surface area (Å²) >= 11 is 9.07. The third kappa shape index (κ3) is 2.47. The molecule has 0 saturated heterocycles. The monoisotopic (exact) mass is 277 g/mol. The Morgan fingerprint density at radius 3 is 2.71 bits per heavy atom. The zero-order valence-electron chi connectivity index (χ0n) is 7.21. The lowest BCUT2D eigenvalue weighted by molar-refractivity contribution is -0.138. The number of carboxylic acids is 1. The molecule has 1 atom stereocenters. The summed E-state index contributed by atoms with van der Waals surface area (Å²) in [6, 6.07) is 5.02. The molecule has 0 fully saturated rings. The van der Waals surface area contributed by atoms with E-state index in [-0.39, 0.29) is 6.54 Å². The molecule has 1 rings (SSSR count). The van der Waals surface area contributed by atoms with Crippen molar-refractivity contribution >= 4 is 33.5 Å².